The first kappa shape index (κ1) is 15.0. The summed E-state index contributed by atoms with van der Waals surface area (Å²) in [5.74, 6) is 2.58. The van der Waals surface area contributed by atoms with E-state index in [1.54, 1.807) is 24.3 Å². The fraction of sp³-hybridized carbons (Fsp3) is 0.250. The maximum atomic E-state index is 12.3. The normalized spacial score (nSPS) is 10.7. The van der Waals surface area contributed by atoms with Crippen LogP contribution in [0.15, 0.2) is 41.1 Å². The molecule has 1 amide bonds. The number of pyridine rings is 1. The van der Waals surface area contributed by atoms with Crippen molar-refractivity contribution in [2.75, 3.05) is 7.05 Å². The molecule has 0 radical (unpaired) electrons. The van der Waals surface area contributed by atoms with Crippen molar-refractivity contribution in [2.45, 2.75) is 19.9 Å². The summed E-state index contributed by atoms with van der Waals surface area (Å²) in [5.41, 5.74) is 0.807. The number of hydrogen-bond donors (Lipinski definition) is 1. The molecule has 0 aromatic carbocycles. The number of likely N-dealkylation sites (N-methyl/N-ethyl adjacent to an activating group) is 1. The minimum atomic E-state index is -0.0621. The Hall–Kier alpha value is -2.96. The van der Waals surface area contributed by atoms with Crippen LogP contribution in [0.2, 0.25) is 0 Å². The maximum Gasteiger partial charge on any atom is 0.230 e. The Kier molecular flexibility index (Phi) is 4.18. The molecular formula is C16H17N5O2. The average Bonchev–Trinajstić information content (AvgIpc) is 3.17. The molecule has 0 aliphatic heterocycles. The number of rotatable bonds is 5. The molecule has 0 fully saturated rings. The van der Waals surface area contributed by atoms with Crippen LogP contribution in [0.25, 0.3) is 11.4 Å². The van der Waals surface area contributed by atoms with E-state index in [0.717, 1.165) is 17.1 Å². The lowest BCUT2D eigenvalue weighted by Gasteiger charge is -2.14. The molecule has 3 rings (SSSR count). The van der Waals surface area contributed by atoms with Crippen molar-refractivity contribution in [3.05, 3.63) is 54.0 Å². The zero-order chi connectivity index (χ0) is 16.2. The van der Waals surface area contributed by atoms with Crippen LogP contribution in [-0.4, -0.2) is 38.0 Å². The second-order valence-corrected chi connectivity index (χ2v) is 5.29. The van der Waals surface area contributed by atoms with E-state index < -0.39 is 0 Å². The number of carbonyl (C=O) groups is 1. The summed E-state index contributed by atoms with van der Waals surface area (Å²) in [6.07, 6.45) is 3.52. The number of aromatic nitrogens is 4. The maximum absolute atomic E-state index is 12.3. The number of aryl methyl sites for hydroxylation is 1. The van der Waals surface area contributed by atoms with E-state index in [1.165, 1.54) is 0 Å². The van der Waals surface area contributed by atoms with Crippen molar-refractivity contribution in [1.82, 2.24) is 25.1 Å². The molecule has 3 aromatic heterocycles. The van der Waals surface area contributed by atoms with Gasteiger partial charge in [0.1, 0.15) is 17.3 Å². The van der Waals surface area contributed by atoms with E-state index in [4.69, 9.17) is 4.42 Å². The molecule has 118 valence electrons. The third-order valence-corrected chi connectivity index (χ3v) is 3.38. The Labute approximate surface area is 133 Å². The van der Waals surface area contributed by atoms with Crippen LogP contribution < -0.4 is 0 Å². The van der Waals surface area contributed by atoms with E-state index in [2.05, 4.69) is 20.2 Å². The van der Waals surface area contributed by atoms with Gasteiger partial charge in [0.05, 0.1) is 13.0 Å². The van der Waals surface area contributed by atoms with Gasteiger partial charge in [-0.05, 0) is 31.2 Å². The SMILES string of the molecule is Cc1ccc(CN(C)C(=O)Cc2nc(-c3cccnc3)n[nH]2)o1. The number of aromatic amines is 1. The molecule has 3 aromatic rings. The fourth-order valence-electron chi connectivity index (χ4n) is 2.17. The van der Waals surface area contributed by atoms with Crippen molar-refractivity contribution < 1.29 is 9.21 Å². The van der Waals surface area contributed by atoms with Crippen LogP contribution in [0.4, 0.5) is 0 Å². The van der Waals surface area contributed by atoms with E-state index in [9.17, 15) is 4.79 Å². The topological polar surface area (TPSA) is 87.9 Å². The fourth-order valence-corrected chi connectivity index (χ4v) is 2.17. The van der Waals surface area contributed by atoms with Crippen LogP contribution in [0.3, 0.4) is 0 Å². The summed E-state index contributed by atoms with van der Waals surface area (Å²) < 4.78 is 5.48. The quantitative estimate of drug-likeness (QED) is 0.778. The van der Waals surface area contributed by atoms with Gasteiger partial charge in [-0.25, -0.2) is 4.98 Å². The Morgan fingerprint density at radius 2 is 2.22 bits per heavy atom. The molecule has 0 aliphatic rings. The van der Waals surface area contributed by atoms with Crippen LogP contribution in [0, 0.1) is 6.92 Å². The highest BCUT2D eigenvalue weighted by Crippen LogP contribution is 2.13. The first-order chi connectivity index (χ1) is 11.1. The monoisotopic (exact) mass is 311 g/mol. The minimum Gasteiger partial charge on any atom is -0.464 e. The van der Waals surface area contributed by atoms with Crippen LogP contribution in [0.1, 0.15) is 17.3 Å². The molecule has 3 heterocycles. The molecule has 7 nitrogen and oxygen atoms in total. The molecule has 0 bridgehead atoms. The molecule has 23 heavy (non-hydrogen) atoms. The van der Waals surface area contributed by atoms with Gasteiger partial charge in [0.25, 0.3) is 0 Å². The second kappa shape index (κ2) is 6.43. The van der Waals surface area contributed by atoms with Crippen molar-refractivity contribution in [3.8, 4) is 11.4 Å². The molecule has 0 spiro atoms. The molecular weight excluding hydrogens is 294 g/mol. The number of carbonyl (C=O) groups excluding carboxylic acids is 1. The van der Waals surface area contributed by atoms with Crippen molar-refractivity contribution in [2.24, 2.45) is 0 Å². The van der Waals surface area contributed by atoms with Gasteiger partial charge in [0, 0.05) is 25.0 Å². The number of hydrogen-bond acceptors (Lipinski definition) is 5. The van der Waals surface area contributed by atoms with Gasteiger partial charge in [-0.1, -0.05) is 0 Å². The molecule has 1 N–H and O–H groups in total. The largest absolute Gasteiger partial charge is 0.464 e. The molecule has 7 heteroatoms. The summed E-state index contributed by atoms with van der Waals surface area (Å²) in [7, 11) is 1.73. The highest BCUT2D eigenvalue weighted by atomic mass is 16.3. The van der Waals surface area contributed by atoms with Gasteiger partial charge in [-0.3, -0.25) is 14.9 Å². The smallest absolute Gasteiger partial charge is 0.230 e. The van der Waals surface area contributed by atoms with Crippen molar-refractivity contribution in [3.63, 3.8) is 0 Å². The lowest BCUT2D eigenvalue weighted by Crippen LogP contribution is -2.27. The third-order valence-electron chi connectivity index (χ3n) is 3.38. The summed E-state index contributed by atoms with van der Waals surface area (Å²) in [6.45, 7) is 2.30. The zero-order valence-electron chi connectivity index (χ0n) is 13.0. The van der Waals surface area contributed by atoms with Crippen LogP contribution in [0.5, 0.6) is 0 Å². The van der Waals surface area contributed by atoms with E-state index in [-0.39, 0.29) is 12.3 Å². The van der Waals surface area contributed by atoms with Crippen LogP contribution >= 0.6 is 0 Å². The molecule has 0 aliphatic carbocycles. The lowest BCUT2D eigenvalue weighted by molar-refractivity contribution is -0.130. The van der Waals surface area contributed by atoms with E-state index >= 15 is 0 Å². The van der Waals surface area contributed by atoms with E-state index in [0.29, 0.717) is 18.2 Å². The average molecular weight is 311 g/mol. The summed E-state index contributed by atoms with van der Waals surface area (Å²) >= 11 is 0. The highest BCUT2D eigenvalue weighted by Gasteiger charge is 2.15. The first-order valence-corrected chi connectivity index (χ1v) is 7.23. The number of furan rings is 1. The summed E-state index contributed by atoms with van der Waals surface area (Å²) in [6, 6.07) is 7.43. The number of H-pyrrole nitrogens is 1. The molecule has 0 unspecified atom stereocenters. The summed E-state index contributed by atoms with van der Waals surface area (Å²) in [4.78, 5) is 22.2. The number of amides is 1. The van der Waals surface area contributed by atoms with Gasteiger partial charge in [-0.15, -0.1) is 0 Å². The molecule has 0 atom stereocenters. The number of nitrogens with zero attached hydrogens (tertiary/aromatic N) is 4. The Bertz CT molecular complexity index is 794. The zero-order valence-corrected chi connectivity index (χ0v) is 13.0. The van der Waals surface area contributed by atoms with Crippen molar-refractivity contribution in [1.29, 1.82) is 0 Å². The molecule has 0 saturated heterocycles. The van der Waals surface area contributed by atoms with Gasteiger partial charge in [-0.2, -0.15) is 5.10 Å². The summed E-state index contributed by atoms with van der Waals surface area (Å²) in [5, 5.41) is 6.92. The predicted octanol–water partition coefficient (Wildman–Crippen LogP) is 1.97. The first-order valence-electron chi connectivity index (χ1n) is 7.23. The lowest BCUT2D eigenvalue weighted by atomic mass is 10.3. The highest BCUT2D eigenvalue weighted by molar-refractivity contribution is 5.77. The van der Waals surface area contributed by atoms with E-state index in [1.807, 2.05) is 31.2 Å². The van der Waals surface area contributed by atoms with Gasteiger partial charge < -0.3 is 9.32 Å². The van der Waals surface area contributed by atoms with Gasteiger partial charge in [0.15, 0.2) is 5.82 Å². The van der Waals surface area contributed by atoms with Crippen molar-refractivity contribution >= 4 is 5.91 Å². The predicted molar refractivity (Wildman–Crippen MR) is 83.2 cm³/mol. The molecule has 0 saturated carbocycles. The second-order valence-electron chi connectivity index (χ2n) is 5.29. The Morgan fingerprint density at radius 3 is 2.91 bits per heavy atom. The standard InChI is InChI=1S/C16H17N5O2/c1-11-5-6-13(23-11)10-21(2)15(22)8-14-18-16(20-19-14)12-4-3-7-17-9-12/h3-7,9H,8,10H2,1-2H3,(H,18,19,20). The van der Waals surface area contributed by atoms with Gasteiger partial charge in [0.2, 0.25) is 5.91 Å². The minimum absolute atomic E-state index is 0.0621. The third kappa shape index (κ3) is 3.63. The number of nitrogens with one attached hydrogen (secondary N) is 1. The Balaban J connectivity index is 1.63. The Morgan fingerprint density at radius 1 is 1.35 bits per heavy atom. The van der Waals surface area contributed by atoms with Crippen LogP contribution in [-0.2, 0) is 17.8 Å². The van der Waals surface area contributed by atoms with Gasteiger partial charge >= 0.3 is 0 Å².